The number of carbonyl (C=O) groups excluding carboxylic acids is 1. The van der Waals surface area contributed by atoms with Crippen molar-refractivity contribution >= 4 is 48.3 Å². The van der Waals surface area contributed by atoms with Gasteiger partial charge in [0.1, 0.15) is 0 Å². The Balaban J connectivity index is 1.47. The minimum Gasteiger partial charge on any atom is -0.298 e. The van der Waals surface area contributed by atoms with Gasteiger partial charge in [-0.2, -0.15) is 0 Å². The smallest absolute Gasteiger partial charge is 0.261 e. The summed E-state index contributed by atoms with van der Waals surface area (Å²) in [6.07, 6.45) is 0. The Morgan fingerprint density at radius 3 is 2.27 bits per heavy atom. The van der Waals surface area contributed by atoms with E-state index in [9.17, 15) is 13.2 Å². The molecule has 3 aromatic carbocycles. The molecule has 0 unspecified atom stereocenters. The lowest BCUT2D eigenvalue weighted by Gasteiger charge is -2.09. The second-order valence-corrected chi connectivity index (χ2v) is 9.65. The van der Waals surface area contributed by atoms with Crippen LogP contribution >= 0.6 is 11.3 Å². The number of hydrogen-bond donors (Lipinski definition) is 2. The van der Waals surface area contributed by atoms with E-state index in [-0.39, 0.29) is 10.8 Å². The van der Waals surface area contributed by atoms with E-state index in [1.54, 1.807) is 48.5 Å². The number of anilines is 2. The van der Waals surface area contributed by atoms with Crippen LogP contribution in [0.3, 0.4) is 0 Å². The third-order valence-electron chi connectivity index (χ3n) is 4.49. The number of fused-ring (bicyclic) bond motifs is 1. The molecule has 152 valence electrons. The molecule has 1 heterocycles. The Morgan fingerprint density at radius 2 is 1.57 bits per heavy atom. The van der Waals surface area contributed by atoms with Crippen LogP contribution in [-0.2, 0) is 10.0 Å². The van der Waals surface area contributed by atoms with Crippen molar-refractivity contribution < 1.29 is 13.2 Å². The molecule has 4 aromatic rings. The molecule has 0 aliphatic heterocycles. The maximum absolute atomic E-state index is 12.5. The first-order chi connectivity index (χ1) is 14.3. The number of hydrogen-bond acceptors (Lipinski definition) is 5. The minimum absolute atomic E-state index is 0.181. The average molecular weight is 438 g/mol. The quantitative estimate of drug-likeness (QED) is 0.462. The molecule has 0 aliphatic rings. The summed E-state index contributed by atoms with van der Waals surface area (Å²) >= 11 is 1.41. The van der Waals surface area contributed by atoms with Gasteiger partial charge in [0.2, 0.25) is 0 Å². The molecule has 0 radical (unpaired) electrons. The number of aromatic nitrogens is 1. The van der Waals surface area contributed by atoms with Crippen LogP contribution < -0.4 is 10.0 Å². The van der Waals surface area contributed by atoms with E-state index in [0.717, 1.165) is 21.3 Å². The SMILES string of the molecule is Cc1ccc(S(=O)(=O)Nc2ccc(C(=O)Nc3nc4ccc(C)cc4s3)cc2)cc1. The van der Waals surface area contributed by atoms with Crippen LogP contribution in [0, 0.1) is 13.8 Å². The zero-order chi connectivity index (χ0) is 21.3. The van der Waals surface area contributed by atoms with Gasteiger partial charge < -0.3 is 0 Å². The van der Waals surface area contributed by atoms with Crippen molar-refractivity contribution in [1.82, 2.24) is 4.98 Å². The number of sulfonamides is 1. The summed E-state index contributed by atoms with van der Waals surface area (Å²) in [5.74, 6) is -0.307. The van der Waals surface area contributed by atoms with Crippen molar-refractivity contribution in [3.05, 3.63) is 83.4 Å². The molecule has 0 bridgehead atoms. The van der Waals surface area contributed by atoms with Crippen molar-refractivity contribution in [2.75, 3.05) is 10.0 Å². The van der Waals surface area contributed by atoms with Gasteiger partial charge in [0.15, 0.2) is 5.13 Å². The Morgan fingerprint density at radius 1 is 0.900 bits per heavy atom. The standard InChI is InChI=1S/C22H19N3O3S2/c1-14-3-10-18(11-4-14)30(27,28)25-17-8-6-16(7-9-17)21(26)24-22-23-19-12-5-15(2)13-20(19)29-22/h3-13,25H,1-2H3,(H,23,24,26). The van der Waals surface area contributed by atoms with E-state index in [1.165, 1.54) is 11.3 Å². The lowest BCUT2D eigenvalue weighted by Crippen LogP contribution is -2.14. The van der Waals surface area contributed by atoms with Crippen LogP contribution in [0.2, 0.25) is 0 Å². The van der Waals surface area contributed by atoms with Gasteiger partial charge in [-0.25, -0.2) is 13.4 Å². The van der Waals surface area contributed by atoms with Gasteiger partial charge in [0.05, 0.1) is 15.1 Å². The molecule has 0 atom stereocenters. The number of amides is 1. The van der Waals surface area contributed by atoms with E-state index in [0.29, 0.717) is 16.4 Å². The summed E-state index contributed by atoms with van der Waals surface area (Å²) < 4.78 is 28.5. The molecule has 0 saturated heterocycles. The zero-order valence-corrected chi connectivity index (χ0v) is 18.0. The first kappa shape index (κ1) is 20.1. The van der Waals surface area contributed by atoms with E-state index in [4.69, 9.17) is 0 Å². The Hall–Kier alpha value is -3.23. The second kappa shape index (κ2) is 7.89. The molecule has 4 rings (SSSR count). The highest BCUT2D eigenvalue weighted by Gasteiger charge is 2.15. The fraction of sp³-hybridized carbons (Fsp3) is 0.0909. The normalized spacial score (nSPS) is 11.4. The van der Waals surface area contributed by atoms with Gasteiger partial charge in [-0.05, 0) is 67.9 Å². The second-order valence-electron chi connectivity index (χ2n) is 6.94. The third kappa shape index (κ3) is 4.34. The van der Waals surface area contributed by atoms with Crippen LogP contribution in [0.1, 0.15) is 21.5 Å². The van der Waals surface area contributed by atoms with Gasteiger partial charge in [-0.1, -0.05) is 35.1 Å². The summed E-state index contributed by atoms with van der Waals surface area (Å²) in [6.45, 7) is 3.90. The summed E-state index contributed by atoms with van der Waals surface area (Å²) in [5.41, 5.74) is 3.73. The van der Waals surface area contributed by atoms with Gasteiger partial charge in [0.25, 0.3) is 15.9 Å². The summed E-state index contributed by atoms with van der Waals surface area (Å²) in [6, 6.07) is 18.8. The fourth-order valence-electron chi connectivity index (χ4n) is 2.88. The van der Waals surface area contributed by atoms with Crippen molar-refractivity contribution in [3.63, 3.8) is 0 Å². The summed E-state index contributed by atoms with van der Waals surface area (Å²) in [7, 11) is -3.69. The molecule has 6 nitrogen and oxygen atoms in total. The molecule has 30 heavy (non-hydrogen) atoms. The molecule has 1 aromatic heterocycles. The highest BCUT2D eigenvalue weighted by atomic mass is 32.2. The summed E-state index contributed by atoms with van der Waals surface area (Å²) in [5, 5.41) is 3.31. The fourth-order valence-corrected chi connectivity index (χ4v) is 4.89. The van der Waals surface area contributed by atoms with E-state index in [2.05, 4.69) is 15.0 Å². The molecule has 0 fully saturated rings. The van der Waals surface area contributed by atoms with E-state index < -0.39 is 10.0 Å². The number of nitrogens with one attached hydrogen (secondary N) is 2. The highest BCUT2D eigenvalue weighted by Crippen LogP contribution is 2.27. The van der Waals surface area contributed by atoms with Gasteiger partial charge in [0, 0.05) is 11.3 Å². The molecule has 0 aliphatic carbocycles. The van der Waals surface area contributed by atoms with Crippen molar-refractivity contribution in [3.8, 4) is 0 Å². The number of carbonyl (C=O) groups is 1. The van der Waals surface area contributed by atoms with Crippen LogP contribution in [0.5, 0.6) is 0 Å². The predicted molar refractivity (Wildman–Crippen MR) is 121 cm³/mol. The first-order valence-corrected chi connectivity index (χ1v) is 11.5. The van der Waals surface area contributed by atoms with Crippen LogP contribution in [0.15, 0.2) is 71.6 Å². The lowest BCUT2D eigenvalue weighted by atomic mass is 10.2. The highest BCUT2D eigenvalue weighted by molar-refractivity contribution is 7.92. The molecule has 0 spiro atoms. The first-order valence-electron chi connectivity index (χ1n) is 9.18. The molecule has 2 N–H and O–H groups in total. The van der Waals surface area contributed by atoms with Crippen molar-refractivity contribution in [2.24, 2.45) is 0 Å². The lowest BCUT2D eigenvalue weighted by molar-refractivity contribution is 0.102. The number of thiazole rings is 1. The minimum atomic E-state index is -3.69. The van der Waals surface area contributed by atoms with Gasteiger partial charge >= 0.3 is 0 Å². The number of aryl methyl sites for hydroxylation is 2. The molecular formula is C22H19N3O3S2. The van der Waals surface area contributed by atoms with E-state index in [1.807, 2.05) is 32.0 Å². The van der Waals surface area contributed by atoms with Crippen LogP contribution in [-0.4, -0.2) is 19.3 Å². The Bertz CT molecular complexity index is 1330. The van der Waals surface area contributed by atoms with Gasteiger partial charge in [-0.3, -0.25) is 14.8 Å². The maximum atomic E-state index is 12.5. The number of benzene rings is 3. The topological polar surface area (TPSA) is 88.2 Å². The molecular weight excluding hydrogens is 418 g/mol. The predicted octanol–water partition coefficient (Wildman–Crippen LogP) is 4.97. The molecule has 1 amide bonds. The van der Waals surface area contributed by atoms with E-state index >= 15 is 0 Å². The largest absolute Gasteiger partial charge is 0.298 e. The molecule has 0 saturated carbocycles. The monoisotopic (exact) mass is 437 g/mol. The summed E-state index contributed by atoms with van der Waals surface area (Å²) in [4.78, 5) is 17.1. The molecule has 8 heteroatoms. The number of rotatable bonds is 5. The zero-order valence-electron chi connectivity index (χ0n) is 16.3. The number of nitrogens with zero attached hydrogens (tertiary/aromatic N) is 1. The Kier molecular flexibility index (Phi) is 5.27. The average Bonchev–Trinajstić information content (AvgIpc) is 3.09. The van der Waals surface area contributed by atoms with Crippen LogP contribution in [0.4, 0.5) is 10.8 Å². The third-order valence-corrected chi connectivity index (χ3v) is 6.83. The van der Waals surface area contributed by atoms with Crippen molar-refractivity contribution in [1.29, 1.82) is 0 Å². The van der Waals surface area contributed by atoms with Gasteiger partial charge in [-0.15, -0.1) is 0 Å². The van der Waals surface area contributed by atoms with Crippen molar-refractivity contribution in [2.45, 2.75) is 18.7 Å². The maximum Gasteiger partial charge on any atom is 0.261 e. The van der Waals surface area contributed by atoms with Crippen LogP contribution in [0.25, 0.3) is 10.2 Å². The Labute approximate surface area is 178 Å².